The molecule has 1 aromatic carbocycles. The number of aromatic nitrogens is 3. The van der Waals surface area contributed by atoms with Crippen LogP contribution in [-0.2, 0) is 16.8 Å². The van der Waals surface area contributed by atoms with Crippen molar-refractivity contribution in [1.29, 1.82) is 0 Å². The Kier molecular flexibility index (Phi) is 6.65. The lowest BCUT2D eigenvalue weighted by molar-refractivity contribution is -0.118. The summed E-state index contributed by atoms with van der Waals surface area (Å²) in [5, 5.41) is 13.0. The van der Waals surface area contributed by atoms with Crippen molar-refractivity contribution in [3.8, 4) is 11.3 Å². The van der Waals surface area contributed by atoms with E-state index in [1.54, 1.807) is 0 Å². The number of thiazole rings is 1. The molecule has 2 heterocycles. The van der Waals surface area contributed by atoms with Crippen LogP contribution in [0.4, 0.5) is 5.13 Å². The van der Waals surface area contributed by atoms with Crippen molar-refractivity contribution in [3.05, 3.63) is 52.7 Å². The third kappa shape index (κ3) is 5.87. The van der Waals surface area contributed by atoms with Gasteiger partial charge in [0.05, 0.1) is 16.9 Å². The van der Waals surface area contributed by atoms with Gasteiger partial charge in [0.15, 0.2) is 5.13 Å². The zero-order valence-corrected chi connectivity index (χ0v) is 20.5. The van der Waals surface area contributed by atoms with Crippen molar-refractivity contribution in [2.75, 3.05) is 11.9 Å². The van der Waals surface area contributed by atoms with Crippen LogP contribution in [0.25, 0.3) is 11.3 Å². The fraction of sp³-hybridized carbons (Fsp3) is 0.440. The Labute approximate surface area is 198 Å². The summed E-state index contributed by atoms with van der Waals surface area (Å²) in [6, 6.07) is 10.2. The van der Waals surface area contributed by atoms with Crippen molar-refractivity contribution < 1.29 is 9.59 Å². The number of hydrogen-bond donors (Lipinski definition) is 2. The van der Waals surface area contributed by atoms with E-state index >= 15 is 0 Å². The van der Waals surface area contributed by atoms with E-state index in [9.17, 15) is 9.59 Å². The summed E-state index contributed by atoms with van der Waals surface area (Å²) in [5.74, 6) is 0.308. The van der Waals surface area contributed by atoms with E-state index in [-0.39, 0.29) is 17.4 Å². The van der Waals surface area contributed by atoms with E-state index in [1.807, 2.05) is 28.3 Å². The largest absolute Gasteiger partial charge is 0.356 e. The summed E-state index contributed by atoms with van der Waals surface area (Å²) >= 11 is 1.42. The Morgan fingerprint density at radius 1 is 1.18 bits per heavy atom. The summed E-state index contributed by atoms with van der Waals surface area (Å²) < 4.78 is 1.83. The van der Waals surface area contributed by atoms with Gasteiger partial charge in [-0.3, -0.25) is 19.6 Å². The molecular formula is C25H31N5O2S. The molecule has 2 amide bonds. The molecule has 2 N–H and O–H groups in total. The molecule has 1 aliphatic rings. The normalized spacial score (nSPS) is 13.7. The van der Waals surface area contributed by atoms with E-state index in [1.165, 1.54) is 23.8 Å². The predicted molar refractivity (Wildman–Crippen MR) is 132 cm³/mol. The number of nitrogens with one attached hydrogen (secondary N) is 2. The molecule has 0 spiro atoms. The number of carbonyl (C=O) groups excluding carboxylic acids is 2. The summed E-state index contributed by atoms with van der Waals surface area (Å²) in [4.78, 5) is 28.6. The Morgan fingerprint density at radius 2 is 1.91 bits per heavy atom. The smallest absolute Gasteiger partial charge is 0.275 e. The molecule has 2 aromatic heterocycles. The lowest BCUT2D eigenvalue weighted by Gasteiger charge is -2.21. The van der Waals surface area contributed by atoms with Gasteiger partial charge in [0.1, 0.15) is 5.69 Å². The maximum absolute atomic E-state index is 13.1. The van der Waals surface area contributed by atoms with Crippen molar-refractivity contribution in [3.63, 3.8) is 0 Å². The molecule has 1 saturated carbocycles. The van der Waals surface area contributed by atoms with Gasteiger partial charge < -0.3 is 5.32 Å². The quantitative estimate of drug-likeness (QED) is 0.460. The second-order valence-corrected chi connectivity index (χ2v) is 10.4. The molecule has 1 fully saturated rings. The van der Waals surface area contributed by atoms with Crippen LogP contribution in [0.5, 0.6) is 0 Å². The number of nitrogens with zero attached hydrogens (tertiary/aromatic N) is 3. The molecule has 0 atom stereocenters. The van der Waals surface area contributed by atoms with Gasteiger partial charge in [0, 0.05) is 30.3 Å². The molecule has 0 unspecified atom stereocenters. The van der Waals surface area contributed by atoms with E-state index in [4.69, 9.17) is 5.10 Å². The number of rotatable bonds is 8. The van der Waals surface area contributed by atoms with E-state index in [0.29, 0.717) is 23.3 Å². The summed E-state index contributed by atoms with van der Waals surface area (Å²) in [6.45, 7) is 8.38. The minimum Gasteiger partial charge on any atom is -0.356 e. The maximum atomic E-state index is 13.1. The first-order valence-electron chi connectivity index (χ1n) is 11.4. The van der Waals surface area contributed by atoms with Crippen LogP contribution in [0.3, 0.4) is 0 Å². The number of anilines is 1. The van der Waals surface area contributed by atoms with Crippen molar-refractivity contribution >= 4 is 28.3 Å². The third-order valence-corrected chi connectivity index (χ3v) is 6.34. The number of carbonyl (C=O) groups is 2. The second kappa shape index (κ2) is 9.47. The van der Waals surface area contributed by atoms with Gasteiger partial charge in [0.25, 0.3) is 5.91 Å². The zero-order valence-electron chi connectivity index (χ0n) is 19.6. The fourth-order valence-electron chi connectivity index (χ4n) is 3.68. The third-order valence-electron chi connectivity index (χ3n) is 5.58. The molecule has 33 heavy (non-hydrogen) atoms. The SMILES string of the molecule is CC(=O)NCCCc1ccc(-c2csc(NC(=O)c3cc(C4CC4)nn3C(C)(C)C)n2)cc1. The number of aryl methyl sites for hydroxylation is 1. The van der Waals surface area contributed by atoms with Crippen LogP contribution in [-0.4, -0.2) is 33.1 Å². The van der Waals surface area contributed by atoms with Crippen LogP contribution in [0.2, 0.25) is 0 Å². The summed E-state index contributed by atoms with van der Waals surface area (Å²) in [6.07, 6.45) is 4.10. The summed E-state index contributed by atoms with van der Waals surface area (Å²) in [7, 11) is 0. The standard InChI is InChI=1S/C25H31N5O2S/c1-16(31)26-13-5-6-17-7-9-19(10-8-17)21-15-33-24(27-21)28-23(32)22-14-20(18-11-12-18)29-30(22)25(2,3)4/h7-10,14-15,18H,5-6,11-13H2,1-4H3,(H,26,31)(H,27,28,32). The molecule has 1 aliphatic carbocycles. The second-order valence-electron chi connectivity index (χ2n) is 9.59. The molecule has 7 nitrogen and oxygen atoms in total. The highest BCUT2D eigenvalue weighted by Crippen LogP contribution is 2.40. The monoisotopic (exact) mass is 465 g/mol. The van der Waals surface area contributed by atoms with Crippen molar-refractivity contribution in [2.45, 2.75) is 64.8 Å². The van der Waals surface area contributed by atoms with Crippen LogP contribution in [0, 0.1) is 0 Å². The van der Waals surface area contributed by atoms with Gasteiger partial charge >= 0.3 is 0 Å². The lowest BCUT2D eigenvalue weighted by atomic mass is 10.1. The topological polar surface area (TPSA) is 88.9 Å². The van der Waals surface area contributed by atoms with Crippen LogP contribution < -0.4 is 10.6 Å². The van der Waals surface area contributed by atoms with Crippen molar-refractivity contribution in [2.24, 2.45) is 0 Å². The Bertz CT molecular complexity index is 1140. The highest BCUT2D eigenvalue weighted by Gasteiger charge is 2.31. The first-order chi connectivity index (χ1) is 15.7. The molecular weight excluding hydrogens is 434 g/mol. The summed E-state index contributed by atoms with van der Waals surface area (Å²) in [5.41, 5.74) is 4.36. The van der Waals surface area contributed by atoms with Gasteiger partial charge in [-0.2, -0.15) is 5.10 Å². The molecule has 0 radical (unpaired) electrons. The minimum absolute atomic E-state index is 0.00277. The first-order valence-corrected chi connectivity index (χ1v) is 12.3. The van der Waals surface area contributed by atoms with E-state index < -0.39 is 0 Å². The number of benzene rings is 1. The highest BCUT2D eigenvalue weighted by atomic mass is 32.1. The van der Waals surface area contributed by atoms with Crippen LogP contribution >= 0.6 is 11.3 Å². The van der Waals surface area contributed by atoms with Crippen LogP contribution in [0.1, 0.15) is 74.6 Å². The zero-order chi connectivity index (χ0) is 23.6. The van der Waals surface area contributed by atoms with Crippen LogP contribution in [0.15, 0.2) is 35.7 Å². The predicted octanol–water partition coefficient (Wildman–Crippen LogP) is 4.96. The van der Waals surface area contributed by atoms with E-state index in [0.717, 1.165) is 42.6 Å². The van der Waals surface area contributed by atoms with Gasteiger partial charge in [-0.25, -0.2) is 4.98 Å². The molecule has 174 valence electrons. The Morgan fingerprint density at radius 3 is 2.55 bits per heavy atom. The average Bonchev–Trinajstić information content (AvgIpc) is 3.32. The van der Waals surface area contributed by atoms with Gasteiger partial charge in [-0.1, -0.05) is 24.3 Å². The minimum atomic E-state index is -0.280. The van der Waals surface area contributed by atoms with Gasteiger partial charge in [-0.05, 0) is 58.1 Å². The number of amides is 2. The molecule has 3 aromatic rings. The molecule has 4 rings (SSSR count). The van der Waals surface area contributed by atoms with Gasteiger partial charge in [0.2, 0.25) is 5.91 Å². The first kappa shape index (κ1) is 23.2. The molecule has 0 aliphatic heterocycles. The molecule has 0 bridgehead atoms. The number of hydrogen-bond acceptors (Lipinski definition) is 5. The molecule has 8 heteroatoms. The fourth-order valence-corrected chi connectivity index (χ4v) is 4.39. The Hall–Kier alpha value is -3.00. The average molecular weight is 466 g/mol. The van der Waals surface area contributed by atoms with E-state index in [2.05, 4.69) is 48.5 Å². The lowest BCUT2D eigenvalue weighted by Crippen LogP contribution is -2.29. The highest BCUT2D eigenvalue weighted by molar-refractivity contribution is 7.14. The van der Waals surface area contributed by atoms with Crippen molar-refractivity contribution in [1.82, 2.24) is 20.1 Å². The maximum Gasteiger partial charge on any atom is 0.275 e. The van der Waals surface area contributed by atoms with Gasteiger partial charge in [-0.15, -0.1) is 11.3 Å². The Balaban J connectivity index is 1.41. The molecule has 0 saturated heterocycles.